The Morgan fingerprint density at radius 3 is 2.94 bits per heavy atom. The van der Waals surface area contributed by atoms with Crippen molar-refractivity contribution < 1.29 is 4.74 Å². The number of rotatable bonds is 3. The van der Waals surface area contributed by atoms with Gasteiger partial charge in [0.15, 0.2) is 0 Å². The van der Waals surface area contributed by atoms with Gasteiger partial charge < -0.3 is 10.1 Å². The van der Waals surface area contributed by atoms with Gasteiger partial charge in [0.1, 0.15) is 0 Å². The Morgan fingerprint density at radius 2 is 2.17 bits per heavy atom. The number of pyridine rings is 1. The fraction of sp³-hybridized carbons (Fsp3) is 0.667. The third kappa shape index (κ3) is 2.17. The average molecular weight is 246 g/mol. The largest absolute Gasteiger partial charge is 0.381 e. The van der Waals surface area contributed by atoms with Crippen molar-refractivity contribution >= 4 is 0 Å². The molecule has 3 heteroatoms. The number of hydrogen-bond donors (Lipinski definition) is 1. The van der Waals surface area contributed by atoms with E-state index in [9.17, 15) is 0 Å². The summed E-state index contributed by atoms with van der Waals surface area (Å²) in [5.41, 5.74) is 2.79. The van der Waals surface area contributed by atoms with Crippen molar-refractivity contribution in [2.75, 3.05) is 20.3 Å². The molecule has 1 aliphatic carbocycles. The molecule has 0 aromatic carbocycles. The van der Waals surface area contributed by atoms with Crippen LogP contribution in [0.4, 0.5) is 0 Å². The number of ether oxygens (including phenoxy) is 1. The molecule has 3 nitrogen and oxygen atoms in total. The van der Waals surface area contributed by atoms with Crippen LogP contribution in [0.5, 0.6) is 0 Å². The zero-order chi connectivity index (χ0) is 12.4. The highest BCUT2D eigenvalue weighted by molar-refractivity contribution is 5.30. The normalized spacial score (nSPS) is 25.9. The third-order valence-corrected chi connectivity index (χ3v) is 4.54. The molecule has 1 aliphatic heterocycles. The number of aromatic nitrogens is 1. The number of nitrogens with one attached hydrogen (secondary N) is 1. The molecule has 1 aromatic heterocycles. The van der Waals surface area contributed by atoms with Gasteiger partial charge in [-0.2, -0.15) is 0 Å². The molecular weight excluding hydrogens is 224 g/mol. The van der Waals surface area contributed by atoms with Gasteiger partial charge in [0.25, 0.3) is 0 Å². The molecule has 0 amide bonds. The minimum absolute atomic E-state index is 0.560. The Morgan fingerprint density at radius 1 is 1.33 bits per heavy atom. The molecule has 18 heavy (non-hydrogen) atoms. The summed E-state index contributed by atoms with van der Waals surface area (Å²) in [5, 5.41) is 3.56. The van der Waals surface area contributed by atoms with Gasteiger partial charge in [0, 0.05) is 37.1 Å². The van der Waals surface area contributed by atoms with Gasteiger partial charge in [0.05, 0.1) is 0 Å². The van der Waals surface area contributed by atoms with Crippen molar-refractivity contribution in [3.63, 3.8) is 0 Å². The summed E-state index contributed by atoms with van der Waals surface area (Å²) in [6.45, 7) is 1.84. The zero-order valence-corrected chi connectivity index (χ0v) is 11.1. The average Bonchev–Trinajstić information content (AvgIpc) is 2.85. The maximum Gasteiger partial charge on any atom is 0.0482 e. The number of hydrogen-bond acceptors (Lipinski definition) is 3. The van der Waals surface area contributed by atoms with E-state index in [2.05, 4.69) is 29.5 Å². The van der Waals surface area contributed by atoms with Gasteiger partial charge in [-0.15, -0.1) is 0 Å². The Bertz CT molecular complexity index is 401. The predicted octanol–water partition coefficient (Wildman–Crippen LogP) is 2.13. The van der Waals surface area contributed by atoms with Crippen LogP contribution in [0.15, 0.2) is 18.3 Å². The molecule has 1 saturated heterocycles. The molecule has 2 atom stereocenters. The van der Waals surface area contributed by atoms with Gasteiger partial charge in [-0.3, -0.25) is 4.98 Å². The molecule has 3 rings (SSSR count). The molecule has 0 spiro atoms. The van der Waals surface area contributed by atoms with Gasteiger partial charge in [-0.1, -0.05) is 6.07 Å². The first-order valence-electron chi connectivity index (χ1n) is 7.09. The van der Waals surface area contributed by atoms with Crippen molar-refractivity contribution in [3.8, 4) is 0 Å². The van der Waals surface area contributed by atoms with Crippen molar-refractivity contribution in [3.05, 3.63) is 29.6 Å². The highest BCUT2D eigenvalue weighted by Crippen LogP contribution is 2.38. The third-order valence-electron chi connectivity index (χ3n) is 4.54. The monoisotopic (exact) mass is 246 g/mol. The van der Waals surface area contributed by atoms with Crippen molar-refractivity contribution in [1.82, 2.24) is 10.3 Å². The first-order valence-corrected chi connectivity index (χ1v) is 7.09. The second-order valence-corrected chi connectivity index (χ2v) is 5.46. The van der Waals surface area contributed by atoms with Crippen LogP contribution in [0.1, 0.15) is 36.4 Å². The van der Waals surface area contributed by atoms with Crippen LogP contribution in [0, 0.1) is 5.92 Å². The Kier molecular flexibility index (Phi) is 3.62. The molecular formula is C15H22N2O. The summed E-state index contributed by atoms with van der Waals surface area (Å²) in [6, 6.07) is 4.85. The van der Waals surface area contributed by atoms with E-state index >= 15 is 0 Å². The summed E-state index contributed by atoms with van der Waals surface area (Å²) in [5.74, 6) is 1.33. The van der Waals surface area contributed by atoms with Crippen LogP contribution in [0.2, 0.25) is 0 Å². The van der Waals surface area contributed by atoms with Crippen molar-refractivity contribution in [1.29, 1.82) is 0 Å². The van der Waals surface area contributed by atoms with E-state index in [0.29, 0.717) is 12.0 Å². The number of aryl methyl sites for hydroxylation is 1. The second kappa shape index (κ2) is 5.37. The van der Waals surface area contributed by atoms with Crippen LogP contribution in [0.25, 0.3) is 0 Å². The molecule has 0 radical (unpaired) electrons. The molecule has 1 fully saturated rings. The fourth-order valence-corrected chi connectivity index (χ4v) is 3.63. The minimum Gasteiger partial charge on any atom is -0.381 e. The molecule has 0 bridgehead atoms. The topological polar surface area (TPSA) is 34.1 Å². The van der Waals surface area contributed by atoms with E-state index in [1.807, 2.05) is 6.20 Å². The van der Waals surface area contributed by atoms with Crippen LogP contribution in [0.3, 0.4) is 0 Å². The molecule has 2 unspecified atom stereocenters. The molecule has 2 aliphatic rings. The molecule has 1 N–H and O–H groups in total. The quantitative estimate of drug-likeness (QED) is 0.887. The highest BCUT2D eigenvalue weighted by Gasteiger charge is 2.35. The van der Waals surface area contributed by atoms with Crippen LogP contribution in [-0.4, -0.2) is 31.3 Å². The Labute approximate surface area is 109 Å². The zero-order valence-electron chi connectivity index (χ0n) is 11.1. The van der Waals surface area contributed by atoms with Crippen LogP contribution in [-0.2, 0) is 11.2 Å². The highest BCUT2D eigenvalue weighted by atomic mass is 16.5. The van der Waals surface area contributed by atoms with E-state index in [4.69, 9.17) is 4.74 Å². The van der Waals surface area contributed by atoms with Crippen molar-refractivity contribution in [2.45, 2.75) is 37.6 Å². The molecule has 98 valence electrons. The minimum atomic E-state index is 0.560. The summed E-state index contributed by atoms with van der Waals surface area (Å²) >= 11 is 0. The van der Waals surface area contributed by atoms with Gasteiger partial charge in [-0.05, 0) is 50.3 Å². The van der Waals surface area contributed by atoms with Crippen LogP contribution >= 0.6 is 0 Å². The first kappa shape index (κ1) is 12.1. The summed E-state index contributed by atoms with van der Waals surface area (Å²) in [6.07, 6.45) is 6.74. The predicted molar refractivity (Wildman–Crippen MR) is 71.7 cm³/mol. The van der Waals surface area contributed by atoms with E-state index in [-0.39, 0.29) is 0 Å². The van der Waals surface area contributed by atoms with Crippen molar-refractivity contribution in [2.24, 2.45) is 5.92 Å². The smallest absolute Gasteiger partial charge is 0.0482 e. The first-order chi connectivity index (χ1) is 8.90. The fourth-order valence-electron chi connectivity index (χ4n) is 3.63. The molecule has 0 saturated carbocycles. The standard InChI is InChI=1S/C15H22N2O/c1-16-14(12-6-9-18-10-7-12)13-5-4-11-3-2-8-17-15(11)13/h2-3,8,12-14,16H,4-7,9-10H2,1H3. The Hall–Kier alpha value is -0.930. The maximum absolute atomic E-state index is 5.48. The second-order valence-electron chi connectivity index (χ2n) is 5.46. The van der Waals surface area contributed by atoms with E-state index in [0.717, 1.165) is 19.1 Å². The van der Waals surface area contributed by atoms with Crippen LogP contribution < -0.4 is 5.32 Å². The maximum atomic E-state index is 5.48. The lowest BCUT2D eigenvalue weighted by Gasteiger charge is -2.34. The van der Waals surface area contributed by atoms with E-state index in [1.54, 1.807) is 0 Å². The van der Waals surface area contributed by atoms with E-state index < -0.39 is 0 Å². The molecule has 2 heterocycles. The lowest BCUT2D eigenvalue weighted by atomic mass is 9.82. The van der Waals surface area contributed by atoms with Gasteiger partial charge in [-0.25, -0.2) is 0 Å². The Balaban J connectivity index is 1.80. The van der Waals surface area contributed by atoms with Gasteiger partial charge >= 0.3 is 0 Å². The lowest BCUT2D eigenvalue weighted by Crippen LogP contribution is -2.41. The molecule has 1 aromatic rings. The number of likely N-dealkylation sites (N-methyl/N-ethyl adjacent to an activating group) is 1. The van der Waals surface area contributed by atoms with E-state index in [1.165, 1.54) is 36.9 Å². The number of fused-ring (bicyclic) bond motifs is 1. The summed E-state index contributed by atoms with van der Waals surface area (Å²) in [7, 11) is 2.10. The summed E-state index contributed by atoms with van der Waals surface area (Å²) in [4.78, 5) is 4.63. The SMILES string of the molecule is CNC(C1CCOCC1)C1CCc2cccnc21. The lowest BCUT2D eigenvalue weighted by molar-refractivity contribution is 0.0508. The number of nitrogens with zero attached hydrogens (tertiary/aromatic N) is 1. The van der Waals surface area contributed by atoms with Gasteiger partial charge in [0.2, 0.25) is 0 Å². The summed E-state index contributed by atoms with van der Waals surface area (Å²) < 4.78 is 5.48.